The minimum absolute atomic E-state index is 0.0393. The molecular formula is C15H13ClN4O3. The average Bonchev–Trinajstić information content (AvgIpc) is 2.51. The molecule has 2 rings (SSSR count). The Morgan fingerprint density at radius 2 is 2.04 bits per heavy atom. The number of aryl methyl sites for hydroxylation is 1. The van der Waals surface area contributed by atoms with Crippen molar-refractivity contribution in [3.05, 3.63) is 68.7 Å². The maximum atomic E-state index is 11.7. The van der Waals surface area contributed by atoms with E-state index in [1.54, 1.807) is 18.2 Å². The Hall–Kier alpha value is -2.93. The molecule has 0 aliphatic heterocycles. The first-order chi connectivity index (χ1) is 11.0. The van der Waals surface area contributed by atoms with Crippen molar-refractivity contribution in [2.24, 2.45) is 5.10 Å². The number of halogens is 1. The van der Waals surface area contributed by atoms with Crippen molar-refractivity contribution < 1.29 is 9.72 Å². The highest BCUT2D eigenvalue weighted by Crippen LogP contribution is 2.24. The SMILES string of the molecule is Cc1ccccc1NC(=O)NN=Cc1ccc(Cl)c([N+](=O)[O-])c1. The summed E-state index contributed by atoms with van der Waals surface area (Å²) in [6, 6.07) is 11.0. The van der Waals surface area contributed by atoms with Crippen LogP contribution < -0.4 is 10.7 Å². The molecule has 0 bridgehead atoms. The molecule has 0 aromatic heterocycles. The van der Waals surface area contributed by atoms with Crippen LogP contribution in [0.25, 0.3) is 0 Å². The minimum Gasteiger partial charge on any atom is -0.306 e. The van der Waals surface area contributed by atoms with Gasteiger partial charge in [-0.15, -0.1) is 0 Å². The molecule has 0 saturated carbocycles. The normalized spacial score (nSPS) is 10.5. The Kier molecular flexibility index (Phi) is 5.27. The summed E-state index contributed by atoms with van der Waals surface area (Å²) < 4.78 is 0. The Labute approximate surface area is 137 Å². The Balaban J connectivity index is 1.99. The van der Waals surface area contributed by atoms with Crippen molar-refractivity contribution in [3.8, 4) is 0 Å². The molecule has 23 heavy (non-hydrogen) atoms. The standard InChI is InChI=1S/C15H13ClN4O3/c1-10-4-2-3-5-13(10)18-15(21)19-17-9-11-6-7-12(16)14(8-11)20(22)23/h2-9H,1H3,(H2,18,19,21). The largest absolute Gasteiger partial charge is 0.339 e. The first-order valence-corrected chi connectivity index (χ1v) is 6.95. The van der Waals surface area contributed by atoms with Crippen molar-refractivity contribution >= 4 is 35.2 Å². The van der Waals surface area contributed by atoms with Crippen molar-refractivity contribution in [1.29, 1.82) is 0 Å². The molecule has 0 aliphatic rings. The van der Waals surface area contributed by atoms with Crippen LogP contribution in [0.5, 0.6) is 0 Å². The third-order valence-electron chi connectivity index (χ3n) is 2.94. The molecular weight excluding hydrogens is 320 g/mol. The van der Waals surface area contributed by atoms with Crippen molar-refractivity contribution in [3.63, 3.8) is 0 Å². The summed E-state index contributed by atoms with van der Waals surface area (Å²) in [5, 5.41) is 17.2. The molecule has 2 aromatic rings. The van der Waals surface area contributed by atoms with Gasteiger partial charge < -0.3 is 5.32 Å². The van der Waals surface area contributed by atoms with E-state index in [1.165, 1.54) is 18.3 Å². The highest BCUT2D eigenvalue weighted by atomic mass is 35.5. The van der Waals surface area contributed by atoms with E-state index < -0.39 is 11.0 Å². The van der Waals surface area contributed by atoms with Crippen LogP contribution in [0.1, 0.15) is 11.1 Å². The number of amides is 2. The molecule has 2 aromatic carbocycles. The number of benzene rings is 2. The predicted molar refractivity (Wildman–Crippen MR) is 89.0 cm³/mol. The van der Waals surface area contributed by atoms with E-state index in [-0.39, 0.29) is 10.7 Å². The van der Waals surface area contributed by atoms with Crippen molar-refractivity contribution in [2.75, 3.05) is 5.32 Å². The van der Waals surface area contributed by atoms with E-state index in [0.717, 1.165) is 5.56 Å². The first-order valence-electron chi connectivity index (χ1n) is 6.57. The van der Waals surface area contributed by atoms with Crippen LogP contribution >= 0.6 is 11.6 Å². The lowest BCUT2D eigenvalue weighted by molar-refractivity contribution is -0.384. The van der Waals surface area contributed by atoms with Crippen LogP contribution in [0.2, 0.25) is 5.02 Å². The fraction of sp³-hybridized carbons (Fsp3) is 0.0667. The summed E-state index contributed by atoms with van der Waals surface area (Å²) >= 11 is 5.71. The number of urea groups is 1. The Morgan fingerprint density at radius 1 is 1.30 bits per heavy atom. The number of anilines is 1. The van der Waals surface area contributed by atoms with Crippen LogP contribution in [0.4, 0.5) is 16.2 Å². The molecule has 7 nitrogen and oxygen atoms in total. The molecule has 0 spiro atoms. The van der Waals surface area contributed by atoms with Gasteiger partial charge in [-0.1, -0.05) is 35.9 Å². The summed E-state index contributed by atoms with van der Waals surface area (Å²) in [4.78, 5) is 21.9. The van der Waals surface area contributed by atoms with Crippen molar-refractivity contribution in [1.82, 2.24) is 5.43 Å². The van der Waals surface area contributed by atoms with Gasteiger partial charge in [-0.3, -0.25) is 10.1 Å². The lowest BCUT2D eigenvalue weighted by Gasteiger charge is -2.06. The van der Waals surface area contributed by atoms with Gasteiger partial charge in [0.15, 0.2) is 0 Å². The van der Waals surface area contributed by atoms with Crippen LogP contribution in [-0.2, 0) is 0 Å². The number of rotatable bonds is 4. The number of para-hydroxylation sites is 1. The second-order valence-electron chi connectivity index (χ2n) is 4.61. The smallest absolute Gasteiger partial charge is 0.306 e. The number of nitrogens with one attached hydrogen (secondary N) is 2. The van der Waals surface area contributed by atoms with Gasteiger partial charge in [-0.2, -0.15) is 5.10 Å². The molecule has 0 heterocycles. The van der Waals surface area contributed by atoms with Gasteiger partial charge >= 0.3 is 6.03 Å². The van der Waals surface area contributed by atoms with Gasteiger partial charge in [0.25, 0.3) is 5.69 Å². The quantitative estimate of drug-likeness (QED) is 0.507. The zero-order chi connectivity index (χ0) is 16.8. The lowest BCUT2D eigenvalue weighted by Crippen LogP contribution is -2.24. The number of hydrazone groups is 1. The van der Waals surface area contributed by atoms with Gasteiger partial charge in [-0.05, 0) is 24.6 Å². The fourth-order valence-corrected chi connectivity index (χ4v) is 1.97. The maximum absolute atomic E-state index is 11.7. The van der Waals surface area contributed by atoms with Gasteiger partial charge in [0.2, 0.25) is 0 Å². The Morgan fingerprint density at radius 3 is 2.74 bits per heavy atom. The molecule has 118 valence electrons. The number of nitrogens with zero attached hydrogens (tertiary/aromatic N) is 2. The number of nitro groups is 1. The van der Waals surface area contributed by atoms with E-state index in [1.807, 2.05) is 19.1 Å². The molecule has 0 saturated heterocycles. The van der Waals surface area contributed by atoms with Crippen molar-refractivity contribution in [2.45, 2.75) is 6.92 Å². The lowest BCUT2D eigenvalue weighted by atomic mass is 10.2. The van der Waals surface area contributed by atoms with Gasteiger partial charge in [-0.25, -0.2) is 10.2 Å². The van der Waals surface area contributed by atoms with Gasteiger partial charge in [0, 0.05) is 17.3 Å². The van der Waals surface area contributed by atoms with Gasteiger partial charge in [0.1, 0.15) is 5.02 Å². The molecule has 8 heteroatoms. The summed E-state index contributed by atoms with van der Waals surface area (Å²) in [7, 11) is 0. The maximum Gasteiger partial charge on any atom is 0.339 e. The monoisotopic (exact) mass is 332 g/mol. The zero-order valence-electron chi connectivity index (χ0n) is 12.1. The second kappa shape index (κ2) is 7.37. The third-order valence-corrected chi connectivity index (χ3v) is 3.26. The van der Waals surface area contributed by atoms with Gasteiger partial charge in [0.05, 0.1) is 11.1 Å². The van der Waals surface area contributed by atoms with Crippen LogP contribution in [-0.4, -0.2) is 17.2 Å². The third kappa shape index (κ3) is 4.52. The average molecular weight is 333 g/mol. The number of carbonyl (C=O) groups is 1. The first kappa shape index (κ1) is 16.4. The van der Waals surface area contributed by atoms with Crippen LogP contribution in [0.15, 0.2) is 47.6 Å². The molecule has 0 atom stereocenters. The molecule has 0 radical (unpaired) electrons. The number of hydrogen-bond acceptors (Lipinski definition) is 4. The van der Waals surface area contributed by atoms with E-state index in [4.69, 9.17) is 11.6 Å². The zero-order valence-corrected chi connectivity index (χ0v) is 12.9. The highest BCUT2D eigenvalue weighted by molar-refractivity contribution is 6.32. The summed E-state index contributed by atoms with van der Waals surface area (Å²) in [5.74, 6) is 0. The number of hydrogen-bond donors (Lipinski definition) is 2. The fourth-order valence-electron chi connectivity index (χ4n) is 1.78. The molecule has 0 fully saturated rings. The highest BCUT2D eigenvalue weighted by Gasteiger charge is 2.11. The summed E-state index contributed by atoms with van der Waals surface area (Å²) in [5.41, 5.74) is 4.09. The number of carbonyl (C=O) groups excluding carboxylic acids is 1. The molecule has 0 aliphatic carbocycles. The Bertz CT molecular complexity index is 777. The molecule has 2 amide bonds. The second-order valence-corrected chi connectivity index (χ2v) is 5.01. The summed E-state index contributed by atoms with van der Waals surface area (Å²) in [6.45, 7) is 1.87. The van der Waals surface area contributed by atoms with E-state index in [2.05, 4.69) is 15.8 Å². The van der Waals surface area contributed by atoms with E-state index >= 15 is 0 Å². The predicted octanol–water partition coefficient (Wildman–Crippen LogP) is 3.71. The van der Waals surface area contributed by atoms with Crippen LogP contribution in [0.3, 0.4) is 0 Å². The topological polar surface area (TPSA) is 96.6 Å². The molecule has 0 unspecified atom stereocenters. The van der Waals surface area contributed by atoms with E-state index in [9.17, 15) is 14.9 Å². The van der Waals surface area contributed by atoms with E-state index in [0.29, 0.717) is 11.3 Å². The minimum atomic E-state index is -0.585. The number of nitro benzene ring substituents is 1. The molecule has 2 N–H and O–H groups in total. The van der Waals surface area contributed by atoms with Crippen LogP contribution in [0, 0.1) is 17.0 Å². The summed E-state index contributed by atoms with van der Waals surface area (Å²) in [6.07, 6.45) is 1.29.